The molecule has 0 spiro atoms. The van der Waals surface area contributed by atoms with Crippen molar-refractivity contribution in [1.29, 1.82) is 0 Å². The summed E-state index contributed by atoms with van der Waals surface area (Å²) >= 11 is 0. The van der Waals surface area contributed by atoms with E-state index in [0.717, 1.165) is 38.4 Å². The molecule has 1 unspecified atom stereocenters. The normalized spacial score (nSPS) is 18.2. The molecule has 112 valence electrons. The fraction of sp³-hybridized carbons (Fsp3) is 0.688. The Labute approximate surface area is 122 Å². The molecule has 1 aliphatic heterocycles. The Balaban J connectivity index is 2.02. The first-order valence-electron chi connectivity index (χ1n) is 7.68. The van der Waals surface area contributed by atoms with Gasteiger partial charge in [0.05, 0.1) is 0 Å². The van der Waals surface area contributed by atoms with Gasteiger partial charge in [-0.15, -0.1) is 0 Å². The van der Waals surface area contributed by atoms with E-state index in [1.54, 1.807) is 7.11 Å². The van der Waals surface area contributed by atoms with Crippen LogP contribution in [0.25, 0.3) is 0 Å². The number of nitrogens with zero attached hydrogens (tertiary/aromatic N) is 2. The van der Waals surface area contributed by atoms with Crippen LogP contribution in [0.5, 0.6) is 0 Å². The molecular weight excluding hydrogens is 250 g/mol. The van der Waals surface area contributed by atoms with E-state index in [9.17, 15) is 0 Å². The average molecular weight is 277 g/mol. The molecule has 0 amide bonds. The molecule has 1 fully saturated rings. The van der Waals surface area contributed by atoms with Crippen LogP contribution in [0.4, 0.5) is 5.82 Å². The van der Waals surface area contributed by atoms with E-state index in [1.807, 2.05) is 12.3 Å². The SMILES string of the molecule is CCC(N)Cc1cccnc1N1CCC(COC)CC1. The highest BCUT2D eigenvalue weighted by molar-refractivity contribution is 5.47. The van der Waals surface area contributed by atoms with Gasteiger partial charge in [-0.2, -0.15) is 0 Å². The Morgan fingerprint density at radius 3 is 2.85 bits per heavy atom. The molecule has 4 heteroatoms. The third-order valence-corrected chi connectivity index (χ3v) is 4.19. The summed E-state index contributed by atoms with van der Waals surface area (Å²) in [6.07, 6.45) is 6.17. The second-order valence-electron chi connectivity index (χ2n) is 5.74. The molecule has 2 N–H and O–H groups in total. The summed E-state index contributed by atoms with van der Waals surface area (Å²) in [5.41, 5.74) is 7.39. The largest absolute Gasteiger partial charge is 0.384 e. The Hall–Kier alpha value is -1.13. The summed E-state index contributed by atoms with van der Waals surface area (Å²) in [7, 11) is 1.79. The summed E-state index contributed by atoms with van der Waals surface area (Å²) < 4.78 is 5.26. The summed E-state index contributed by atoms with van der Waals surface area (Å²) in [5.74, 6) is 1.83. The van der Waals surface area contributed by atoms with E-state index in [0.29, 0.717) is 5.92 Å². The van der Waals surface area contributed by atoms with Gasteiger partial charge < -0.3 is 15.4 Å². The Kier molecular flexibility index (Phi) is 5.80. The van der Waals surface area contributed by atoms with Crippen LogP contribution in [-0.4, -0.2) is 37.8 Å². The topological polar surface area (TPSA) is 51.4 Å². The zero-order chi connectivity index (χ0) is 14.4. The first-order chi connectivity index (χ1) is 9.74. The smallest absolute Gasteiger partial charge is 0.131 e. The number of hydrogen-bond acceptors (Lipinski definition) is 4. The lowest BCUT2D eigenvalue weighted by molar-refractivity contribution is 0.139. The minimum absolute atomic E-state index is 0.226. The lowest BCUT2D eigenvalue weighted by atomic mass is 9.97. The highest BCUT2D eigenvalue weighted by Crippen LogP contribution is 2.25. The van der Waals surface area contributed by atoms with E-state index >= 15 is 0 Å². The molecule has 0 aliphatic carbocycles. The van der Waals surface area contributed by atoms with Crippen molar-refractivity contribution in [2.75, 3.05) is 31.7 Å². The lowest BCUT2D eigenvalue weighted by Gasteiger charge is -2.33. The molecule has 2 heterocycles. The number of pyridine rings is 1. The van der Waals surface area contributed by atoms with Gasteiger partial charge in [-0.25, -0.2) is 4.98 Å². The van der Waals surface area contributed by atoms with Crippen LogP contribution < -0.4 is 10.6 Å². The van der Waals surface area contributed by atoms with Gasteiger partial charge in [0.2, 0.25) is 0 Å². The third-order valence-electron chi connectivity index (χ3n) is 4.19. The van der Waals surface area contributed by atoms with Gasteiger partial charge in [-0.3, -0.25) is 0 Å². The van der Waals surface area contributed by atoms with Crippen LogP contribution >= 0.6 is 0 Å². The van der Waals surface area contributed by atoms with Crippen LogP contribution in [-0.2, 0) is 11.2 Å². The number of rotatable bonds is 6. The molecule has 1 saturated heterocycles. The van der Waals surface area contributed by atoms with Gasteiger partial charge in [-0.05, 0) is 43.2 Å². The maximum atomic E-state index is 6.10. The van der Waals surface area contributed by atoms with Crippen molar-refractivity contribution in [2.24, 2.45) is 11.7 Å². The second-order valence-corrected chi connectivity index (χ2v) is 5.74. The molecule has 0 saturated carbocycles. The Morgan fingerprint density at radius 2 is 2.20 bits per heavy atom. The molecule has 0 aromatic carbocycles. The van der Waals surface area contributed by atoms with Crippen molar-refractivity contribution in [3.05, 3.63) is 23.9 Å². The third kappa shape index (κ3) is 3.93. The van der Waals surface area contributed by atoms with Crippen molar-refractivity contribution in [1.82, 2.24) is 4.98 Å². The van der Waals surface area contributed by atoms with Crippen molar-refractivity contribution in [2.45, 2.75) is 38.6 Å². The number of methoxy groups -OCH3 is 1. The van der Waals surface area contributed by atoms with Crippen molar-refractivity contribution in [3.8, 4) is 0 Å². The van der Waals surface area contributed by atoms with E-state index in [2.05, 4.69) is 22.9 Å². The van der Waals surface area contributed by atoms with Crippen LogP contribution in [0, 0.1) is 5.92 Å². The van der Waals surface area contributed by atoms with E-state index in [1.165, 1.54) is 18.4 Å². The van der Waals surface area contributed by atoms with Crippen molar-refractivity contribution < 1.29 is 4.74 Å². The molecule has 1 atom stereocenters. The Morgan fingerprint density at radius 1 is 1.45 bits per heavy atom. The monoisotopic (exact) mass is 277 g/mol. The van der Waals surface area contributed by atoms with Gasteiger partial charge >= 0.3 is 0 Å². The van der Waals surface area contributed by atoms with E-state index < -0.39 is 0 Å². The zero-order valence-electron chi connectivity index (χ0n) is 12.7. The number of ether oxygens (including phenoxy) is 1. The van der Waals surface area contributed by atoms with Crippen molar-refractivity contribution >= 4 is 5.82 Å². The molecule has 1 aromatic heterocycles. The number of hydrogen-bond donors (Lipinski definition) is 1. The summed E-state index contributed by atoms with van der Waals surface area (Å²) in [4.78, 5) is 7.01. The number of piperidine rings is 1. The molecule has 0 radical (unpaired) electrons. The zero-order valence-corrected chi connectivity index (χ0v) is 12.7. The van der Waals surface area contributed by atoms with Gasteiger partial charge in [0, 0.05) is 39.0 Å². The molecule has 0 bridgehead atoms. The molecule has 2 rings (SSSR count). The fourth-order valence-electron chi connectivity index (χ4n) is 2.85. The number of anilines is 1. The first-order valence-corrected chi connectivity index (χ1v) is 7.68. The Bertz CT molecular complexity index is 402. The predicted molar refractivity (Wildman–Crippen MR) is 83.0 cm³/mol. The number of aromatic nitrogens is 1. The van der Waals surface area contributed by atoms with E-state index in [-0.39, 0.29) is 6.04 Å². The maximum Gasteiger partial charge on any atom is 0.131 e. The molecule has 1 aliphatic rings. The maximum absolute atomic E-state index is 6.10. The molecule has 20 heavy (non-hydrogen) atoms. The summed E-state index contributed by atoms with van der Waals surface area (Å²) in [6, 6.07) is 4.40. The minimum Gasteiger partial charge on any atom is -0.384 e. The van der Waals surface area contributed by atoms with Crippen LogP contribution in [0.1, 0.15) is 31.7 Å². The minimum atomic E-state index is 0.226. The highest BCUT2D eigenvalue weighted by Gasteiger charge is 2.22. The molecule has 1 aromatic rings. The second kappa shape index (κ2) is 7.60. The standard InChI is InChI=1S/C16H27N3O/c1-3-15(17)11-14-5-4-8-18-16(14)19-9-6-13(7-10-19)12-20-2/h4-5,8,13,15H,3,6-7,9-12,17H2,1-2H3. The molecular formula is C16H27N3O. The summed E-state index contributed by atoms with van der Waals surface area (Å²) in [5, 5.41) is 0. The first kappa shape index (κ1) is 15.3. The van der Waals surface area contributed by atoms with Crippen LogP contribution in [0.2, 0.25) is 0 Å². The molecule has 4 nitrogen and oxygen atoms in total. The number of nitrogens with two attached hydrogens (primary N) is 1. The van der Waals surface area contributed by atoms with Crippen LogP contribution in [0.15, 0.2) is 18.3 Å². The average Bonchev–Trinajstić information content (AvgIpc) is 2.49. The van der Waals surface area contributed by atoms with Gasteiger partial charge in [0.1, 0.15) is 5.82 Å². The fourth-order valence-corrected chi connectivity index (χ4v) is 2.85. The predicted octanol–water partition coefficient (Wildman–Crippen LogP) is 2.22. The quantitative estimate of drug-likeness (QED) is 0.866. The van der Waals surface area contributed by atoms with Gasteiger partial charge in [0.15, 0.2) is 0 Å². The van der Waals surface area contributed by atoms with Crippen LogP contribution in [0.3, 0.4) is 0 Å². The lowest BCUT2D eigenvalue weighted by Crippen LogP contribution is -2.36. The summed E-state index contributed by atoms with van der Waals surface area (Å²) in [6.45, 7) is 5.15. The van der Waals surface area contributed by atoms with E-state index in [4.69, 9.17) is 10.5 Å². The highest BCUT2D eigenvalue weighted by atomic mass is 16.5. The van der Waals surface area contributed by atoms with Crippen molar-refractivity contribution in [3.63, 3.8) is 0 Å². The van der Waals surface area contributed by atoms with Gasteiger partial charge in [0.25, 0.3) is 0 Å². The van der Waals surface area contributed by atoms with Gasteiger partial charge in [-0.1, -0.05) is 13.0 Å².